The molecule has 1 aliphatic heterocycles. The smallest absolute Gasteiger partial charge is 0.326 e. The van der Waals surface area contributed by atoms with Crippen molar-refractivity contribution < 1.29 is 29.0 Å². The molecule has 4 N–H and O–H groups in total. The second-order valence-electron chi connectivity index (χ2n) is 4.10. The number of nitrogens with two attached hydrogens (primary N) is 1. The molecule has 8 heteroatoms. The molecule has 8 nitrogen and oxygen atoms in total. The number of carbonyl (C=O) groups excluding carboxylic acids is 2. The molecule has 2 amide bonds. The number of carboxylic acid groups (broad SMARTS) is 1. The molecule has 0 saturated heterocycles. The number of hydrogen-bond acceptors (Lipinski definition) is 5. The first-order valence-corrected chi connectivity index (χ1v) is 5.69. The highest BCUT2D eigenvalue weighted by Gasteiger charge is 2.24. The van der Waals surface area contributed by atoms with Crippen molar-refractivity contribution >= 4 is 17.8 Å². The van der Waals surface area contributed by atoms with Crippen molar-refractivity contribution in [2.45, 2.75) is 12.5 Å². The average Bonchev–Trinajstić information content (AvgIpc) is 2.84. The van der Waals surface area contributed by atoms with E-state index in [1.54, 1.807) is 6.07 Å². The molecule has 0 spiro atoms. The Balaban J connectivity index is 2.10. The second kappa shape index (κ2) is 5.47. The minimum Gasteiger partial charge on any atom is -0.480 e. The van der Waals surface area contributed by atoms with E-state index in [9.17, 15) is 14.4 Å². The molecule has 20 heavy (non-hydrogen) atoms. The zero-order valence-corrected chi connectivity index (χ0v) is 10.3. The number of carboxylic acids is 1. The molecular formula is C12H12N2O6. The van der Waals surface area contributed by atoms with Crippen molar-refractivity contribution in [2.75, 3.05) is 6.79 Å². The normalized spacial score (nSPS) is 13.6. The van der Waals surface area contributed by atoms with Crippen LogP contribution in [0.15, 0.2) is 18.2 Å². The van der Waals surface area contributed by atoms with Crippen LogP contribution in [-0.2, 0) is 9.59 Å². The maximum Gasteiger partial charge on any atom is 0.326 e. The molecule has 1 aliphatic rings. The highest BCUT2D eigenvalue weighted by molar-refractivity contribution is 5.98. The fraction of sp³-hybridized carbons (Fsp3) is 0.250. The molecule has 106 valence electrons. The van der Waals surface area contributed by atoms with E-state index >= 15 is 0 Å². The molecule has 0 saturated carbocycles. The van der Waals surface area contributed by atoms with E-state index in [1.807, 2.05) is 0 Å². The summed E-state index contributed by atoms with van der Waals surface area (Å²) in [5, 5.41) is 11.1. The molecule has 0 aromatic heterocycles. The number of carbonyl (C=O) groups is 3. The minimum absolute atomic E-state index is 0.0693. The molecule has 0 fully saturated rings. The van der Waals surface area contributed by atoms with Gasteiger partial charge in [-0.2, -0.15) is 0 Å². The lowest BCUT2D eigenvalue weighted by Gasteiger charge is -2.12. The van der Waals surface area contributed by atoms with Crippen molar-refractivity contribution in [3.63, 3.8) is 0 Å². The lowest BCUT2D eigenvalue weighted by molar-refractivity contribution is -0.140. The van der Waals surface area contributed by atoms with Gasteiger partial charge in [0.1, 0.15) is 6.04 Å². The van der Waals surface area contributed by atoms with Gasteiger partial charge in [0.2, 0.25) is 12.7 Å². The summed E-state index contributed by atoms with van der Waals surface area (Å²) in [7, 11) is 0. The molecule has 0 aliphatic carbocycles. The van der Waals surface area contributed by atoms with Gasteiger partial charge in [-0.25, -0.2) is 4.79 Å². The summed E-state index contributed by atoms with van der Waals surface area (Å²) in [5.74, 6) is -1.88. The van der Waals surface area contributed by atoms with Gasteiger partial charge in [0, 0.05) is 5.56 Å². The quantitative estimate of drug-likeness (QED) is 0.665. The molecule has 1 atom stereocenters. The molecule has 1 heterocycles. The number of primary amides is 1. The average molecular weight is 280 g/mol. The Hall–Kier alpha value is -2.77. The molecule has 1 aromatic carbocycles. The number of rotatable bonds is 5. The Morgan fingerprint density at radius 1 is 1.30 bits per heavy atom. The number of benzene rings is 1. The number of nitrogens with one attached hydrogen (secondary N) is 1. The summed E-state index contributed by atoms with van der Waals surface area (Å²) in [6, 6.07) is 3.07. The Morgan fingerprint density at radius 2 is 2.00 bits per heavy atom. The molecule has 1 unspecified atom stereocenters. The third-order valence-corrected chi connectivity index (χ3v) is 2.64. The van der Waals surface area contributed by atoms with Gasteiger partial charge in [-0.05, 0) is 18.2 Å². The van der Waals surface area contributed by atoms with Gasteiger partial charge < -0.3 is 25.6 Å². The highest BCUT2D eigenvalue weighted by atomic mass is 16.7. The van der Waals surface area contributed by atoms with Crippen LogP contribution >= 0.6 is 0 Å². The predicted octanol–water partition coefficient (Wildman–Crippen LogP) is -0.526. The summed E-state index contributed by atoms with van der Waals surface area (Å²) in [6.07, 6.45) is -0.481. The van der Waals surface area contributed by atoms with Gasteiger partial charge in [-0.3, -0.25) is 9.59 Å². The summed E-state index contributed by atoms with van der Waals surface area (Å²) < 4.78 is 10.2. The summed E-state index contributed by atoms with van der Waals surface area (Å²) in [5.41, 5.74) is 5.13. The largest absolute Gasteiger partial charge is 0.480 e. The second-order valence-corrected chi connectivity index (χ2v) is 4.10. The molecule has 2 rings (SSSR count). The molecule has 1 aromatic rings. The van der Waals surface area contributed by atoms with Crippen LogP contribution in [0.2, 0.25) is 0 Å². The van der Waals surface area contributed by atoms with E-state index in [1.165, 1.54) is 12.1 Å². The Labute approximate surface area is 113 Å². The zero-order chi connectivity index (χ0) is 14.7. The van der Waals surface area contributed by atoms with Crippen molar-refractivity contribution in [1.82, 2.24) is 5.32 Å². The fourth-order valence-electron chi connectivity index (χ4n) is 1.68. The fourth-order valence-corrected chi connectivity index (χ4v) is 1.68. The molecule has 0 radical (unpaired) electrons. The van der Waals surface area contributed by atoms with E-state index < -0.39 is 30.2 Å². The van der Waals surface area contributed by atoms with Crippen LogP contribution in [-0.4, -0.2) is 35.7 Å². The number of amides is 2. The van der Waals surface area contributed by atoms with Crippen molar-refractivity contribution in [3.05, 3.63) is 23.8 Å². The Bertz CT molecular complexity index is 571. The first-order valence-electron chi connectivity index (χ1n) is 5.69. The van der Waals surface area contributed by atoms with Crippen LogP contribution in [0.1, 0.15) is 16.8 Å². The topological polar surface area (TPSA) is 128 Å². The lowest BCUT2D eigenvalue weighted by atomic mass is 10.1. The lowest BCUT2D eigenvalue weighted by Crippen LogP contribution is -2.43. The van der Waals surface area contributed by atoms with Gasteiger partial charge in [0.05, 0.1) is 6.42 Å². The van der Waals surface area contributed by atoms with Crippen LogP contribution in [0.3, 0.4) is 0 Å². The SMILES string of the molecule is NC(=O)CC(NC(=O)c1ccc2c(c1)OCO2)C(=O)O. The molecular weight excluding hydrogens is 268 g/mol. The monoisotopic (exact) mass is 280 g/mol. The van der Waals surface area contributed by atoms with Crippen LogP contribution in [0.5, 0.6) is 11.5 Å². The van der Waals surface area contributed by atoms with Crippen molar-refractivity contribution in [3.8, 4) is 11.5 Å². The zero-order valence-electron chi connectivity index (χ0n) is 10.3. The number of ether oxygens (including phenoxy) is 2. The number of aliphatic carboxylic acids is 1. The van der Waals surface area contributed by atoms with Crippen LogP contribution < -0.4 is 20.5 Å². The summed E-state index contributed by atoms with van der Waals surface area (Å²) in [4.78, 5) is 33.6. The third kappa shape index (κ3) is 2.97. The maximum absolute atomic E-state index is 11.9. The van der Waals surface area contributed by atoms with Crippen molar-refractivity contribution in [1.29, 1.82) is 0 Å². The predicted molar refractivity (Wildman–Crippen MR) is 65.3 cm³/mol. The summed E-state index contributed by atoms with van der Waals surface area (Å²) >= 11 is 0. The Kier molecular flexibility index (Phi) is 3.74. The van der Waals surface area contributed by atoms with E-state index in [4.69, 9.17) is 20.3 Å². The van der Waals surface area contributed by atoms with Crippen LogP contribution in [0.4, 0.5) is 0 Å². The standard InChI is InChI=1S/C12H12N2O6/c13-10(15)4-7(12(17)18)14-11(16)6-1-2-8-9(3-6)20-5-19-8/h1-3,7H,4-5H2,(H2,13,15)(H,14,16)(H,17,18). The van der Waals surface area contributed by atoms with E-state index in [-0.39, 0.29) is 12.4 Å². The molecule has 0 bridgehead atoms. The maximum atomic E-state index is 11.9. The highest BCUT2D eigenvalue weighted by Crippen LogP contribution is 2.32. The minimum atomic E-state index is -1.37. The van der Waals surface area contributed by atoms with Gasteiger partial charge in [-0.1, -0.05) is 0 Å². The van der Waals surface area contributed by atoms with Crippen LogP contribution in [0.25, 0.3) is 0 Å². The van der Waals surface area contributed by atoms with Gasteiger partial charge in [0.15, 0.2) is 11.5 Å². The summed E-state index contributed by atoms with van der Waals surface area (Å²) in [6.45, 7) is 0.0693. The van der Waals surface area contributed by atoms with Gasteiger partial charge >= 0.3 is 5.97 Å². The first kappa shape index (κ1) is 13.7. The number of hydrogen-bond donors (Lipinski definition) is 3. The van der Waals surface area contributed by atoms with E-state index in [0.29, 0.717) is 11.5 Å². The van der Waals surface area contributed by atoms with Crippen molar-refractivity contribution in [2.24, 2.45) is 5.73 Å². The van der Waals surface area contributed by atoms with E-state index in [0.717, 1.165) is 0 Å². The first-order chi connectivity index (χ1) is 9.47. The van der Waals surface area contributed by atoms with E-state index in [2.05, 4.69) is 5.32 Å². The third-order valence-electron chi connectivity index (χ3n) is 2.64. The van der Waals surface area contributed by atoms with Crippen LogP contribution in [0, 0.1) is 0 Å². The Morgan fingerprint density at radius 3 is 2.65 bits per heavy atom. The van der Waals surface area contributed by atoms with Gasteiger partial charge in [0.25, 0.3) is 5.91 Å². The van der Waals surface area contributed by atoms with Gasteiger partial charge in [-0.15, -0.1) is 0 Å². The number of fused-ring (bicyclic) bond motifs is 1.